The van der Waals surface area contributed by atoms with Crippen molar-refractivity contribution in [1.82, 2.24) is 5.32 Å². The summed E-state index contributed by atoms with van der Waals surface area (Å²) in [6.45, 7) is 1.88. The topological polar surface area (TPSA) is 145 Å². The third-order valence-electron chi connectivity index (χ3n) is 6.01. The van der Waals surface area contributed by atoms with Gasteiger partial charge in [-0.25, -0.2) is 8.42 Å². The fourth-order valence-electron chi connectivity index (χ4n) is 3.43. The zero-order valence-electron chi connectivity index (χ0n) is 20.0. The predicted octanol–water partition coefficient (Wildman–Crippen LogP) is 2.50. The minimum Gasteiger partial charge on any atom is -0.633 e. The molecule has 0 aliphatic carbocycles. The summed E-state index contributed by atoms with van der Waals surface area (Å²) < 4.78 is 69.3. The van der Waals surface area contributed by atoms with Crippen LogP contribution in [0.1, 0.15) is 17.3 Å². The maximum absolute atomic E-state index is 13.0. The lowest BCUT2D eigenvalue weighted by atomic mass is 10.1. The number of morpholine rings is 1. The van der Waals surface area contributed by atoms with Gasteiger partial charge in [0, 0.05) is 5.56 Å². The van der Waals surface area contributed by atoms with E-state index in [9.17, 15) is 41.5 Å². The van der Waals surface area contributed by atoms with E-state index in [1.165, 1.54) is 24.3 Å². The third kappa shape index (κ3) is 6.62. The molecule has 1 atom stereocenters. The summed E-state index contributed by atoms with van der Waals surface area (Å²) in [5.41, 5.74) is -3.88. The first-order valence-electron chi connectivity index (χ1n) is 11.3. The molecule has 0 spiro atoms. The van der Waals surface area contributed by atoms with E-state index >= 15 is 0 Å². The molecule has 1 aliphatic heterocycles. The summed E-state index contributed by atoms with van der Waals surface area (Å²) >= 11 is 5.99. The number of carbonyl (C=O) groups is 2. The van der Waals surface area contributed by atoms with Crippen LogP contribution in [-0.2, 0) is 19.4 Å². The van der Waals surface area contributed by atoms with Crippen molar-refractivity contribution in [2.24, 2.45) is 0 Å². The zero-order valence-corrected chi connectivity index (χ0v) is 21.6. The maximum atomic E-state index is 13.0. The van der Waals surface area contributed by atoms with Gasteiger partial charge in [0.05, 0.1) is 46.8 Å². The number of ether oxygens (including phenoxy) is 1. The fourth-order valence-corrected chi connectivity index (χ4v) is 5.01. The van der Waals surface area contributed by atoms with Crippen LogP contribution in [0.15, 0.2) is 52.3 Å². The number of anilines is 1. The maximum Gasteiger partial charge on any atom is 0.426 e. The number of hydrogen-bond acceptors (Lipinski definition) is 7. The molecule has 1 heterocycles. The van der Waals surface area contributed by atoms with Crippen LogP contribution in [-0.4, -0.2) is 81.2 Å². The Balaban J connectivity index is 1.67. The molecule has 2 aromatic rings. The average molecular weight is 580 g/mol. The van der Waals surface area contributed by atoms with Crippen LogP contribution in [0.5, 0.6) is 0 Å². The minimum absolute atomic E-state index is 0.127. The molecule has 3 N–H and O–H groups in total. The summed E-state index contributed by atoms with van der Waals surface area (Å²) in [5.74, 6) is -2.29. The van der Waals surface area contributed by atoms with Crippen molar-refractivity contribution in [3.8, 4) is 0 Å². The molecule has 0 aromatic heterocycles. The van der Waals surface area contributed by atoms with Crippen LogP contribution in [0.3, 0.4) is 0 Å². The van der Waals surface area contributed by atoms with Crippen LogP contribution in [0, 0.1) is 5.21 Å². The Morgan fingerprint density at radius 1 is 1.11 bits per heavy atom. The van der Waals surface area contributed by atoms with Crippen molar-refractivity contribution >= 4 is 38.9 Å². The number of nitrogens with zero attached hydrogens (tertiary/aromatic N) is 1. The smallest absolute Gasteiger partial charge is 0.426 e. The van der Waals surface area contributed by atoms with Gasteiger partial charge in [0.25, 0.3) is 11.8 Å². The summed E-state index contributed by atoms with van der Waals surface area (Å²) in [6, 6.07) is 7.90. The second kappa shape index (κ2) is 11.2. The predicted molar refractivity (Wildman–Crippen MR) is 130 cm³/mol. The van der Waals surface area contributed by atoms with E-state index in [2.05, 4.69) is 5.32 Å². The molecular formula is C23H25ClF3N3O7S. The van der Waals surface area contributed by atoms with E-state index < -0.39 is 38.1 Å². The first-order chi connectivity index (χ1) is 17.6. The van der Waals surface area contributed by atoms with E-state index in [4.69, 9.17) is 16.3 Å². The van der Waals surface area contributed by atoms with Crippen LogP contribution in [0.4, 0.5) is 18.9 Å². The number of hydroxylamine groups is 3. The van der Waals surface area contributed by atoms with Crippen LogP contribution < -0.4 is 10.6 Å². The summed E-state index contributed by atoms with van der Waals surface area (Å²) in [5, 5.41) is 26.0. The van der Waals surface area contributed by atoms with Crippen molar-refractivity contribution in [2.45, 2.75) is 28.5 Å². The Labute approximate surface area is 221 Å². The standard InChI is InChI=1S/C23H25ClF3N3O7S/c1-22(33,23(25,26)27)21(32)29-19-7-6-17(14-18(19)24)38(35,36)16-4-2-15(3-5-16)20(31)28-8-9-30(34)10-12-37-13-11-30/h2-7,14,33H,8-13H2,1H3,(H,28,31)(H,29,32). The van der Waals surface area contributed by atoms with E-state index in [1.807, 2.05) is 5.32 Å². The van der Waals surface area contributed by atoms with Gasteiger partial charge in [-0.3, -0.25) is 9.59 Å². The molecule has 208 valence electrons. The van der Waals surface area contributed by atoms with Gasteiger partial charge in [-0.05, 0) is 49.4 Å². The number of aliphatic hydroxyl groups is 1. The van der Waals surface area contributed by atoms with Crippen LogP contribution >= 0.6 is 11.6 Å². The molecule has 1 unspecified atom stereocenters. The van der Waals surface area contributed by atoms with E-state index in [0.29, 0.717) is 26.3 Å². The van der Waals surface area contributed by atoms with Gasteiger partial charge >= 0.3 is 6.18 Å². The van der Waals surface area contributed by atoms with Gasteiger partial charge in [0.15, 0.2) is 0 Å². The van der Waals surface area contributed by atoms with Crippen molar-refractivity contribution in [3.63, 3.8) is 0 Å². The number of quaternary nitrogens is 1. The van der Waals surface area contributed by atoms with E-state index in [1.54, 1.807) is 0 Å². The quantitative estimate of drug-likeness (QED) is 0.322. The molecule has 15 heteroatoms. The highest BCUT2D eigenvalue weighted by atomic mass is 35.5. The van der Waals surface area contributed by atoms with Gasteiger partial charge in [-0.1, -0.05) is 11.6 Å². The molecule has 1 aliphatic rings. The zero-order chi connectivity index (χ0) is 28.4. The molecule has 1 fully saturated rings. The van der Waals surface area contributed by atoms with E-state index in [0.717, 1.165) is 18.2 Å². The van der Waals surface area contributed by atoms with Crippen LogP contribution in [0.25, 0.3) is 0 Å². The Morgan fingerprint density at radius 2 is 1.68 bits per heavy atom. The number of carbonyl (C=O) groups excluding carboxylic acids is 2. The Bertz CT molecular complexity index is 1300. The lowest BCUT2D eigenvalue weighted by Crippen LogP contribution is -2.53. The number of nitrogens with one attached hydrogen (secondary N) is 2. The fraction of sp³-hybridized carbons (Fsp3) is 0.391. The molecule has 2 amide bonds. The molecule has 1 saturated heterocycles. The molecule has 2 aromatic carbocycles. The third-order valence-corrected chi connectivity index (χ3v) is 8.09. The lowest BCUT2D eigenvalue weighted by molar-refractivity contribution is -0.887. The van der Waals surface area contributed by atoms with E-state index in [-0.39, 0.29) is 46.1 Å². The van der Waals surface area contributed by atoms with Gasteiger partial charge in [0.1, 0.15) is 13.1 Å². The number of rotatable bonds is 8. The number of halogens is 4. The van der Waals surface area contributed by atoms with Gasteiger partial charge in [0.2, 0.25) is 15.4 Å². The number of benzene rings is 2. The highest BCUT2D eigenvalue weighted by Gasteiger charge is 2.55. The second-order valence-electron chi connectivity index (χ2n) is 8.79. The highest BCUT2D eigenvalue weighted by molar-refractivity contribution is 7.91. The largest absolute Gasteiger partial charge is 0.633 e. The molecule has 0 bridgehead atoms. The van der Waals surface area contributed by atoms with Crippen molar-refractivity contribution in [3.05, 3.63) is 58.3 Å². The van der Waals surface area contributed by atoms with Crippen molar-refractivity contribution in [1.29, 1.82) is 0 Å². The molecule has 0 radical (unpaired) electrons. The lowest BCUT2D eigenvalue weighted by Gasteiger charge is -2.45. The number of amides is 2. The Morgan fingerprint density at radius 3 is 2.24 bits per heavy atom. The Hall–Kier alpha value is -2.75. The number of sulfone groups is 1. The summed E-state index contributed by atoms with van der Waals surface area (Å²) in [6.07, 6.45) is -5.25. The number of alkyl halides is 3. The van der Waals surface area contributed by atoms with Crippen LogP contribution in [0.2, 0.25) is 5.02 Å². The minimum atomic E-state index is -5.25. The molecule has 38 heavy (non-hydrogen) atoms. The monoisotopic (exact) mass is 579 g/mol. The summed E-state index contributed by atoms with van der Waals surface area (Å²) in [4.78, 5) is 23.7. The summed E-state index contributed by atoms with van der Waals surface area (Å²) in [7, 11) is -4.15. The van der Waals surface area contributed by atoms with Gasteiger partial charge in [-0.2, -0.15) is 13.2 Å². The SMILES string of the molecule is CC(O)(C(=O)Nc1ccc(S(=O)(=O)c2ccc(C(=O)NCC[N+]3([O-])CCOCC3)cc2)cc1Cl)C(F)(F)F. The first-order valence-corrected chi connectivity index (χ1v) is 13.1. The average Bonchev–Trinajstić information content (AvgIpc) is 2.84. The van der Waals surface area contributed by atoms with Crippen molar-refractivity contribution < 1.29 is 45.7 Å². The second-order valence-corrected chi connectivity index (χ2v) is 11.1. The molecule has 0 saturated carbocycles. The molecule has 3 rings (SSSR count). The van der Waals surface area contributed by atoms with Gasteiger partial charge < -0.3 is 30.3 Å². The van der Waals surface area contributed by atoms with Crippen molar-refractivity contribution in [2.75, 3.05) is 44.7 Å². The molecule has 10 nitrogen and oxygen atoms in total. The Kier molecular flexibility index (Phi) is 8.75. The molecular weight excluding hydrogens is 555 g/mol. The highest BCUT2D eigenvalue weighted by Crippen LogP contribution is 2.33. The first kappa shape index (κ1) is 29.8. The normalized spacial score (nSPS) is 17.3. The van der Waals surface area contributed by atoms with Gasteiger partial charge in [-0.15, -0.1) is 0 Å². The number of hydrogen-bond donors (Lipinski definition) is 3.